The molecule has 0 aliphatic carbocycles. The lowest BCUT2D eigenvalue weighted by molar-refractivity contribution is -0.316. The second-order valence-electron chi connectivity index (χ2n) is 1.64. The van der Waals surface area contributed by atoms with Gasteiger partial charge in [-0.2, -0.15) is 0 Å². The summed E-state index contributed by atoms with van der Waals surface area (Å²) >= 11 is 0. The van der Waals surface area contributed by atoms with Crippen LogP contribution >= 0.6 is 0 Å². The molecule has 0 fully saturated rings. The van der Waals surface area contributed by atoms with Crippen molar-refractivity contribution in [2.45, 2.75) is 19.3 Å². The zero-order chi connectivity index (χ0) is 8.04. The minimum atomic E-state index is -1.59. The Morgan fingerprint density at radius 3 is 2.00 bits per heavy atom. The molecule has 0 aliphatic heterocycles. The van der Waals surface area contributed by atoms with E-state index < -0.39 is 5.97 Å². The molecule has 0 bridgehead atoms. The molecule has 3 heteroatoms. The third-order valence-corrected chi connectivity index (χ3v) is 0.982. The lowest BCUT2D eigenvalue weighted by atomic mass is 10.4. The van der Waals surface area contributed by atoms with Crippen LogP contribution in [-0.4, -0.2) is 11.1 Å². The van der Waals surface area contributed by atoms with Gasteiger partial charge in [-0.1, -0.05) is 20.1 Å². The molecule has 0 spiro atoms. The zero-order valence-corrected chi connectivity index (χ0v) is 6.04. The van der Waals surface area contributed by atoms with Crippen LogP contribution in [0, 0.1) is 0 Å². The second kappa shape index (κ2) is 3.95. The van der Waals surface area contributed by atoms with Gasteiger partial charge >= 0.3 is 5.97 Å². The van der Waals surface area contributed by atoms with Crippen LogP contribution in [0.4, 0.5) is 0 Å². The number of ether oxygens (including phenoxy) is 2. The normalized spacial score (nSPS) is 10.2. The molecule has 1 N–H and O–H groups in total. The van der Waals surface area contributed by atoms with Gasteiger partial charge in [0.1, 0.15) is 0 Å². The Bertz CT molecular complexity index is 110. The molecule has 0 atom stereocenters. The van der Waals surface area contributed by atoms with Gasteiger partial charge in [0.15, 0.2) is 0 Å². The minimum absolute atomic E-state index is 0.311. The summed E-state index contributed by atoms with van der Waals surface area (Å²) in [5, 5.41) is 9.23. The van der Waals surface area contributed by atoms with E-state index in [9.17, 15) is 5.11 Å². The van der Waals surface area contributed by atoms with Crippen LogP contribution < -0.4 is 0 Å². The Morgan fingerprint density at radius 1 is 1.40 bits per heavy atom. The predicted molar refractivity (Wildman–Crippen MR) is 37.8 cm³/mol. The van der Waals surface area contributed by atoms with Crippen LogP contribution in [0.5, 0.6) is 0 Å². The van der Waals surface area contributed by atoms with E-state index in [-0.39, 0.29) is 0 Å². The molecule has 0 heterocycles. The quantitative estimate of drug-likeness (QED) is 0.467. The molecule has 10 heavy (non-hydrogen) atoms. The summed E-state index contributed by atoms with van der Waals surface area (Å²) in [6.07, 6.45) is 2.55. The largest absolute Gasteiger partial charge is 0.439 e. The van der Waals surface area contributed by atoms with E-state index in [4.69, 9.17) is 0 Å². The predicted octanol–water partition coefficient (Wildman–Crippen LogP) is 1.36. The number of rotatable bonds is 5. The van der Waals surface area contributed by atoms with Crippen molar-refractivity contribution in [1.29, 1.82) is 0 Å². The van der Waals surface area contributed by atoms with Gasteiger partial charge in [-0.25, -0.2) is 0 Å². The van der Waals surface area contributed by atoms with Crippen LogP contribution in [0.25, 0.3) is 0 Å². The van der Waals surface area contributed by atoms with Crippen LogP contribution in [-0.2, 0) is 9.47 Å². The fourth-order valence-corrected chi connectivity index (χ4v) is 0.455. The monoisotopic (exact) mass is 144 g/mol. The first-order valence-corrected chi connectivity index (χ1v) is 2.98. The highest BCUT2D eigenvalue weighted by molar-refractivity contribution is 4.62. The molecule has 0 aromatic heterocycles. The molecule has 0 aliphatic rings. The summed E-state index contributed by atoms with van der Waals surface area (Å²) in [6, 6.07) is 0. The maximum atomic E-state index is 9.23. The van der Waals surface area contributed by atoms with Crippen molar-refractivity contribution in [3.05, 3.63) is 25.7 Å². The molecule has 58 valence electrons. The van der Waals surface area contributed by atoms with Crippen molar-refractivity contribution in [2.24, 2.45) is 0 Å². The fourth-order valence-electron chi connectivity index (χ4n) is 0.455. The summed E-state index contributed by atoms with van der Waals surface area (Å²) in [4.78, 5) is 0. The van der Waals surface area contributed by atoms with Gasteiger partial charge in [-0.15, -0.1) is 0 Å². The Kier molecular flexibility index (Phi) is 3.57. The van der Waals surface area contributed by atoms with Crippen LogP contribution in [0.3, 0.4) is 0 Å². The van der Waals surface area contributed by atoms with Gasteiger partial charge in [0.25, 0.3) is 0 Å². The molecular formula is C7H12O3. The summed E-state index contributed by atoms with van der Waals surface area (Å²) in [5.74, 6) is -1.59. The number of aliphatic hydroxyl groups is 1. The summed E-state index contributed by atoms with van der Waals surface area (Å²) in [7, 11) is 0. The first kappa shape index (κ1) is 9.04. The van der Waals surface area contributed by atoms with E-state index in [0.29, 0.717) is 6.42 Å². The third-order valence-electron chi connectivity index (χ3n) is 0.982. The topological polar surface area (TPSA) is 38.7 Å². The summed E-state index contributed by atoms with van der Waals surface area (Å²) in [5.41, 5.74) is 0. The van der Waals surface area contributed by atoms with E-state index in [1.54, 1.807) is 6.92 Å². The highest BCUT2D eigenvalue weighted by Gasteiger charge is 2.25. The Balaban J connectivity index is 3.92. The lowest BCUT2D eigenvalue weighted by Crippen LogP contribution is -2.30. The van der Waals surface area contributed by atoms with Gasteiger partial charge in [0, 0.05) is 0 Å². The highest BCUT2D eigenvalue weighted by Crippen LogP contribution is 2.13. The molecule has 0 radical (unpaired) electrons. The third kappa shape index (κ3) is 2.55. The van der Waals surface area contributed by atoms with Gasteiger partial charge in [0.2, 0.25) is 0 Å². The average molecular weight is 144 g/mol. The van der Waals surface area contributed by atoms with Crippen molar-refractivity contribution in [3.63, 3.8) is 0 Å². The van der Waals surface area contributed by atoms with E-state index in [1.165, 1.54) is 0 Å². The van der Waals surface area contributed by atoms with Crippen LogP contribution in [0.1, 0.15) is 13.3 Å². The van der Waals surface area contributed by atoms with E-state index in [1.807, 2.05) is 0 Å². The Labute approximate surface area is 60.6 Å². The first-order chi connectivity index (χ1) is 4.68. The van der Waals surface area contributed by atoms with Gasteiger partial charge in [-0.05, 0) is 0 Å². The smallest absolute Gasteiger partial charge is 0.367 e. The Hall–Kier alpha value is -0.960. The van der Waals surface area contributed by atoms with Crippen molar-refractivity contribution < 1.29 is 14.6 Å². The molecular weight excluding hydrogens is 132 g/mol. The van der Waals surface area contributed by atoms with E-state index in [0.717, 1.165) is 12.5 Å². The van der Waals surface area contributed by atoms with Crippen molar-refractivity contribution in [1.82, 2.24) is 0 Å². The van der Waals surface area contributed by atoms with Gasteiger partial charge in [0.05, 0.1) is 18.9 Å². The van der Waals surface area contributed by atoms with Crippen molar-refractivity contribution >= 4 is 0 Å². The molecule has 0 saturated carbocycles. The average Bonchev–Trinajstić information content (AvgIpc) is 1.89. The molecule has 0 unspecified atom stereocenters. The maximum Gasteiger partial charge on any atom is 0.367 e. The molecule has 0 saturated heterocycles. The number of hydrogen-bond acceptors (Lipinski definition) is 3. The van der Waals surface area contributed by atoms with Gasteiger partial charge < -0.3 is 14.6 Å². The highest BCUT2D eigenvalue weighted by atomic mass is 16.8. The Morgan fingerprint density at radius 2 is 1.80 bits per heavy atom. The maximum absolute atomic E-state index is 9.23. The molecule has 0 amide bonds. The standard InChI is InChI=1S/C7H12O3/c1-4-7(8,9-5-2)10-6-3/h5-6,8H,2-4H2,1H3. The van der Waals surface area contributed by atoms with E-state index >= 15 is 0 Å². The molecule has 0 aromatic carbocycles. The first-order valence-electron chi connectivity index (χ1n) is 2.98. The molecule has 0 aromatic rings. The second-order valence-corrected chi connectivity index (χ2v) is 1.64. The number of hydrogen-bond donors (Lipinski definition) is 1. The minimum Gasteiger partial charge on any atom is -0.439 e. The van der Waals surface area contributed by atoms with Crippen molar-refractivity contribution in [2.75, 3.05) is 0 Å². The molecule has 3 nitrogen and oxygen atoms in total. The van der Waals surface area contributed by atoms with E-state index in [2.05, 4.69) is 22.6 Å². The molecule has 0 rings (SSSR count). The van der Waals surface area contributed by atoms with Crippen LogP contribution in [0.2, 0.25) is 0 Å². The summed E-state index contributed by atoms with van der Waals surface area (Å²) < 4.78 is 9.29. The van der Waals surface area contributed by atoms with Crippen LogP contribution in [0.15, 0.2) is 25.7 Å². The lowest BCUT2D eigenvalue weighted by Gasteiger charge is -2.23. The fraction of sp³-hybridized carbons (Fsp3) is 0.429. The SMILES string of the molecule is C=COC(O)(CC)OC=C. The van der Waals surface area contributed by atoms with Crippen molar-refractivity contribution in [3.8, 4) is 0 Å². The van der Waals surface area contributed by atoms with Gasteiger partial charge in [-0.3, -0.25) is 0 Å². The summed E-state index contributed by atoms with van der Waals surface area (Å²) in [6.45, 7) is 8.27. The zero-order valence-electron chi connectivity index (χ0n) is 6.04.